The van der Waals surface area contributed by atoms with Crippen LogP contribution in [0.2, 0.25) is 0 Å². The molecule has 1 aliphatic rings. The molecule has 1 aromatic carbocycles. The van der Waals surface area contributed by atoms with Crippen LogP contribution in [0.5, 0.6) is 0 Å². The maximum Gasteiger partial charge on any atom is 0.164 e. The molecule has 1 unspecified atom stereocenters. The predicted octanol–water partition coefficient (Wildman–Crippen LogP) is 4.47. The monoisotopic (exact) mass is 316 g/mol. The van der Waals surface area contributed by atoms with Gasteiger partial charge < -0.3 is 4.74 Å². The summed E-state index contributed by atoms with van der Waals surface area (Å²) in [5.74, 6) is -0.247. The molecule has 0 radical (unpaired) electrons. The third-order valence-corrected chi connectivity index (χ3v) is 3.81. The first-order chi connectivity index (χ1) is 8.06. The van der Waals surface area contributed by atoms with Gasteiger partial charge >= 0.3 is 0 Å². The van der Waals surface area contributed by atoms with E-state index in [1.165, 1.54) is 6.07 Å². The zero-order chi connectivity index (χ0) is 12.5. The van der Waals surface area contributed by atoms with E-state index in [0.717, 1.165) is 10.1 Å². The Morgan fingerprint density at radius 1 is 1.41 bits per heavy atom. The number of methoxy groups -OCH3 is 1. The van der Waals surface area contributed by atoms with Crippen LogP contribution in [0.25, 0.3) is 5.57 Å². The largest absolute Gasteiger partial charge is 0.359 e. The number of benzene rings is 1. The molecule has 0 aliphatic heterocycles. The molecule has 0 N–H and O–H groups in total. The van der Waals surface area contributed by atoms with E-state index >= 15 is 0 Å². The van der Waals surface area contributed by atoms with Gasteiger partial charge in [0.2, 0.25) is 0 Å². The van der Waals surface area contributed by atoms with Gasteiger partial charge in [-0.25, -0.2) is 4.39 Å². The molecule has 0 fully saturated rings. The third-order valence-electron chi connectivity index (χ3n) is 2.69. The normalized spacial score (nSPS) is 24.2. The molecular formula is C13H11BrClFO. The summed E-state index contributed by atoms with van der Waals surface area (Å²) < 4.78 is 19.7. The molecule has 0 heterocycles. The first-order valence-corrected chi connectivity index (χ1v) is 6.30. The Labute approximate surface area is 113 Å². The number of hydrogen-bond acceptors (Lipinski definition) is 1. The SMILES string of the molecule is COC1(Cl)C=CC(c2ccccc2F)=C(Br)C1. The molecule has 17 heavy (non-hydrogen) atoms. The zero-order valence-electron chi connectivity index (χ0n) is 9.21. The summed E-state index contributed by atoms with van der Waals surface area (Å²) in [6, 6.07) is 6.65. The Kier molecular flexibility index (Phi) is 3.71. The first-order valence-electron chi connectivity index (χ1n) is 5.12. The molecule has 0 bridgehead atoms. The highest BCUT2D eigenvalue weighted by atomic mass is 79.9. The molecule has 0 aromatic heterocycles. The van der Waals surface area contributed by atoms with Crippen molar-refractivity contribution in [1.29, 1.82) is 0 Å². The third kappa shape index (κ3) is 2.62. The highest BCUT2D eigenvalue weighted by Gasteiger charge is 2.29. The average molecular weight is 318 g/mol. The average Bonchev–Trinajstić information content (AvgIpc) is 2.31. The van der Waals surface area contributed by atoms with Crippen molar-refractivity contribution in [2.45, 2.75) is 11.5 Å². The summed E-state index contributed by atoms with van der Waals surface area (Å²) >= 11 is 9.62. The maximum atomic E-state index is 13.7. The molecule has 0 saturated heterocycles. The van der Waals surface area contributed by atoms with Crippen molar-refractivity contribution >= 4 is 33.1 Å². The lowest BCUT2D eigenvalue weighted by Crippen LogP contribution is -2.23. The minimum atomic E-state index is -0.840. The number of allylic oxidation sites excluding steroid dienone is 2. The van der Waals surface area contributed by atoms with Gasteiger partial charge in [-0.2, -0.15) is 0 Å². The van der Waals surface area contributed by atoms with Gasteiger partial charge in [0.25, 0.3) is 0 Å². The van der Waals surface area contributed by atoms with E-state index in [1.807, 2.05) is 0 Å². The lowest BCUT2D eigenvalue weighted by atomic mass is 9.97. The molecule has 1 aromatic rings. The van der Waals surface area contributed by atoms with Crippen LogP contribution in [0.1, 0.15) is 12.0 Å². The first kappa shape index (κ1) is 12.8. The van der Waals surface area contributed by atoms with Crippen LogP contribution in [0, 0.1) is 5.82 Å². The number of halogens is 3. The van der Waals surface area contributed by atoms with Crippen LogP contribution in [0.4, 0.5) is 4.39 Å². The van der Waals surface area contributed by atoms with E-state index in [4.69, 9.17) is 16.3 Å². The minimum absolute atomic E-state index is 0.247. The quantitative estimate of drug-likeness (QED) is 0.731. The van der Waals surface area contributed by atoms with E-state index in [1.54, 1.807) is 37.5 Å². The van der Waals surface area contributed by atoms with E-state index in [9.17, 15) is 4.39 Å². The van der Waals surface area contributed by atoms with E-state index < -0.39 is 5.06 Å². The topological polar surface area (TPSA) is 9.23 Å². The smallest absolute Gasteiger partial charge is 0.164 e. The van der Waals surface area contributed by atoms with Crippen LogP contribution >= 0.6 is 27.5 Å². The summed E-state index contributed by atoms with van der Waals surface area (Å²) in [6.45, 7) is 0. The molecular weight excluding hydrogens is 306 g/mol. The van der Waals surface area contributed by atoms with Crippen molar-refractivity contribution in [3.8, 4) is 0 Å². The Morgan fingerprint density at radius 3 is 2.71 bits per heavy atom. The molecule has 1 atom stereocenters. The van der Waals surface area contributed by atoms with Gasteiger partial charge in [0.05, 0.1) is 0 Å². The van der Waals surface area contributed by atoms with Crippen molar-refractivity contribution in [3.63, 3.8) is 0 Å². The number of rotatable bonds is 2. The highest BCUT2D eigenvalue weighted by Crippen LogP contribution is 2.39. The summed E-state index contributed by atoms with van der Waals surface area (Å²) in [5.41, 5.74) is 1.36. The molecule has 2 rings (SSSR count). The van der Waals surface area contributed by atoms with Crippen molar-refractivity contribution in [2.24, 2.45) is 0 Å². The fourth-order valence-corrected chi connectivity index (χ4v) is 2.84. The van der Waals surface area contributed by atoms with Crippen LogP contribution in [-0.4, -0.2) is 12.2 Å². The lowest BCUT2D eigenvalue weighted by Gasteiger charge is -2.26. The Bertz CT molecular complexity index is 498. The van der Waals surface area contributed by atoms with Gasteiger partial charge in [-0.3, -0.25) is 0 Å². The van der Waals surface area contributed by atoms with Gasteiger partial charge in [-0.1, -0.05) is 51.8 Å². The van der Waals surface area contributed by atoms with Crippen molar-refractivity contribution in [3.05, 3.63) is 52.3 Å². The van der Waals surface area contributed by atoms with Gasteiger partial charge in [0.1, 0.15) is 5.82 Å². The number of ether oxygens (including phenoxy) is 1. The van der Waals surface area contributed by atoms with Crippen LogP contribution in [-0.2, 0) is 4.74 Å². The number of alkyl halides is 1. The molecule has 1 nitrogen and oxygen atoms in total. The van der Waals surface area contributed by atoms with Gasteiger partial charge in [0, 0.05) is 23.6 Å². The Hall–Kier alpha value is -0.640. The van der Waals surface area contributed by atoms with E-state index in [2.05, 4.69) is 15.9 Å². The summed E-state index contributed by atoms with van der Waals surface area (Å²) in [7, 11) is 1.55. The highest BCUT2D eigenvalue weighted by molar-refractivity contribution is 9.11. The fourth-order valence-electron chi connectivity index (χ4n) is 1.72. The lowest BCUT2D eigenvalue weighted by molar-refractivity contribution is 0.106. The van der Waals surface area contributed by atoms with E-state index in [-0.39, 0.29) is 5.82 Å². The summed E-state index contributed by atoms with van der Waals surface area (Å²) in [5, 5.41) is -0.840. The molecule has 1 aliphatic carbocycles. The molecule has 0 spiro atoms. The van der Waals surface area contributed by atoms with Gasteiger partial charge in [-0.15, -0.1) is 0 Å². The second-order valence-electron chi connectivity index (χ2n) is 3.80. The second-order valence-corrected chi connectivity index (χ2v) is 5.40. The van der Waals surface area contributed by atoms with Crippen molar-refractivity contribution in [2.75, 3.05) is 7.11 Å². The number of hydrogen-bond donors (Lipinski definition) is 0. The Morgan fingerprint density at radius 2 is 2.12 bits per heavy atom. The van der Waals surface area contributed by atoms with Crippen LogP contribution in [0.15, 0.2) is 40.9 Å². The van der Waals surface area contributed by atoms with E-state index in [0.29, 0.717) is 12.0 Å². The molecule has 4 heteroatoms. The van der Waals surface area contributed by atoms with Crippen LogP contribution in [0.3, 0.4) is 0 Å². The minimum Gasteiger partial charge on any atom is -0.359 e. The molecule has 0 saturated carbocycles. The van der Waals surface area contributed by atoms with Gasteiger partial charge in [-0.05, 0) is 17.7 Å². The maximum absolute atomic E-state index is 13.7. The standard InChI is InChI=1S/C13H11BrClFO/c1-17-13(15)7-6-9(11(14)8-13)10-4-2-3-5-12(10)16/h2-7H,8H2,1H3. The zero-order valence-corrected chi connectivity index (χ0v) is 11.6. The summed E-state index contributed by atoms with van der Waals surface area (Å²) in [4.78, 5) is 0. The predicted molar refractivity (Wildman–Crippen MR) is 71.6 cm³/mol. The van der Waals surface area contributed by atoms with Crippen LogP contribution < -0.4 is 0 Å². The van der Waals surface area contributed by atoms with Gasteiger partial charge in [0.15, 0.2) is 5.06 Å². The second kappa shape index (κ2) is 4.92. The van der Waals surface area contributed by atoms with Crippen molar-refractivity contribution in [1.82, 2.24) is 0 Å². The fraction of sp³-hybridized carbons (Fsp3) is 0.231. The Balaban J connectivity index is 2.40. The summed E-state index contributed by atoms with van der Waals surface area (Å²) in [6.07, 6.45) is 3.99. The molecule has 90 valence electrons. The van der Waals surface area contributed by atoms with Crippen molar-refractivity contribution < 1.29 is 9.13 Å². The molecule has 0 amide bonds.